The molecule has 6 nitrogen and oxygen atoms in total. The number of methoxy groups -OCH3 is 1. The summed E-state index contributed by atoms with van der Waals surface area (Å²) in [6.45, 7) is 0.276. The third-order valence-corrected chi connectivity index (χ3v) is 4.51. The van der Waals surface area contributed by atoms with Crippen LogP contribution in [-0.2, 0) is 16.1 Å². The Morgan fingerprint density at radius 2 is 1.96 bits per heavy atom. The summed E-state index contributed by atoms with van der Waals surface area (Å²) in [4.78, 5) is 26.7. The van der Waals surface area contributed by atoms with Crippen molar-refractivity contribution in [2.75, 3.05) is 39.6 Å². The van der Waals surface area contributed by atoms with E-state index in [-0.39, 0.29) is 31.4 Å². The summed E-state index contributed by atoms with van der Waals surface area (Å²) in [6, 6.07) is 11.4. The Morgan fingerprint density at radius 1 is 1.25 bits per heavy atom. The molecule has 2 aromatic rings. The van der Waals surface area contributed by atoms with E-state index in [1.165, 1.54) is 17.0 Å². The number of quaternary nitrogens is 1. The highest BCUT2D eigenvalue weighted by molar-refractivity contribution is 6.31. The molecule has 1 atom stereocenters. The predicted octanol–water partition coefficient (Wildman–Crippen LogP) is 1.60. The van der Waals surface area contributed by atoms with Crippen molar-refractivity contribution in [1.82, 2.24) is 4.90 Å². The van der Waals surface area contributed by atoms with Crippen molar-refractivity contribution in [1.29, 1.82) is 0 Å². The van der Waals surface area contributed by atoms with Crippen LogP contribution in [0.1, 0.15) is 5.56 Å². The summed E-state index contributed by atoms with van der Waals surface area (Å²) in [5.41, 5.74) is 0.954. The van der Waals surface area contributed by atoms with Gasteiger partial charge in [0.05, 0.1) is 31.3 Å². The summed E-state index contributed by atoms with van der Waals surface area (Å²) in [5.74, 6) is -0.325. The van der Waals surface area contributed by atoms with Crippen LogP contribution >= 0.6 is 11.6 Å². The first-order valence-electron chi connectivity index (χ1n) is 8.72. The average Bonchev–Trinajstić information content (AvgIpc) is 2.64. The summed E-state index contributed by atoms with van der Waals surface area (Å²) in [6.07, 6.45) is 0. The van der Waals surface area contributed by atoms with Crippen molar-refractivity contribution in [3.63, 3.8) is 0 Å². The molecular formula is C20H24ClFN3O3+. The molecule has 0 aliphatic rings. The van der Waals surface area contributed by atoms with E-state index in [9.17, 15) is 14.0 Å². The highest BCUT2D eigenvalue weighted by Crippen LogP contribution is 2.18. The van der Waals surface area contributed by atoms with Gasteiger partial charge in [0.1, 0.15) is 18.1 Å². The zero-order valence-corrected chi connectivity index (χ0v) is 16.8. The Hall–Kier alpha value is -2.64. The third kappa shape index (κ3) is 6.21. The van der Waals surface area contributed by atoms with Crippen LogP contribution in [0.25, 0.3) is 0 Å². The molecule has 2 rings (SSSR count). The first-order valence-corrected chi connectivity index (χ1v) is 9.10. The minimum absolute atomic E-state index is 0.0935. The summed E-state index contributed by atoms with van der Waals surface area (Å²) in [7, 11) is 4.86. The zero-order chi connectivity index (χ0) is 20.7. The van der Waals surface area contributed by atoms with Gasteiger partial charge in [0.2, 0.25) is 5.91 Å². The fourth-order valence-corrected chi connectivity index (χ4v) is 2.89. The minimum Gasteiger partial charge on any atom is -0.497 e. The van der Waals surface area contributed by atoms with E-state index in [0.717, 1.165) is 4.90 Å². The first-order chi connectivity index (χ1) is 13.3. The summed E-state index contributed by atoms with van der Waals surface area (Å²) in [5, 5.41) is 3.06. The van der Waals surface area contributed by atoms with Crippen molar-refractivity contribution < 1.29 is 23.6 Å². The van der Waals surface area contributed by atoms with Crippen molar-refractivity contribution in [2.45, 2.75) is 6.54 Å². The highest BCUT2D eigenvalue weighted by Gasteiger charge is 2.19. The highest BCUT2D eigenvalue weighted by atomic mass is 35.5. The Bertz CT molecular complexity index is 827. The number of hydrogen-bond donors (Lipinski definition) is 2. The molecular weight excluding hydrogens is 385 g/mol. The lowest BCUT2D eigenvalue weighted by atomic mass is 10.2. The number of likely N-dealkylation sites (N-methyl/N-ethyl adjacent to an activating group) is 2. The van der Waals surface area contributed by atoms with Crippen LogP contribution in [0.5, 0.6) is 5.75 Å². The molecule has 0 radical (unpaired) electrons. The zero-order valence-electron chi connectivity index (χ0n) is 16.1. The van der Waals surface area contributed by atoms with Gasteiger partial charge in [-0.3, -0.25) is 9.59 Å². The maximum Gasteiger partial charge on any atom is 0.277 e. The van der Waals surface area contributed by atoms with Gasteiger partial charge in [-0.15, -0.1) is 0 Å². The van der Waals surface area contributed by atoms with E-state index in [1.54, 1.807) is 51.5 Å². The predicted molar refractivity (Wildman–Crippen MR) is 106 cm³/mol. The quantitative estimate of drug-likeness (QED) is 0.697. The van der Waals surface area contributed by atoms with Gasteiger partial charge in [-0.25, -0.2) is 4.39 Å². The number of hydrogen-bond acceptors (Lipinski definition) is 3. The van der Waals surface area contributed by atoms with Crippen molar-refractivity contribution >= 4 is 29.1 Å². The van der Waals surface area contributed by atoms with Gasteiger partial charge < -0.3 is 19.9 Å². The number of nitrogens with one attached hydrogen (secondary N) is 2. The molecule has 0 aliphatic carbocycles. The Labute approximate surface area is 168 Å². The molecule has 0 spiro atoms. The first kappa shape index (κ1) is 21.7. The van der Waals surface area contributed by atoms with Crippen molar-refractivity contribution in [2.24, 2.45) is 0 Å². The maximum absolute atomic E-state index is 13.9. The smallest absolute Gasteiger partial charge is 0.277 e. The number of ether oxygens (including phenoxy) is 1. The number of benzene rings is 2. The molecule has 0 saturated heterocycles. The molecule has 0 bridgehead atoms. The number of carbonyl (C=O) groups is 2. The third-order valence-electron chi connectivity index (χ3n) is 4.15. The Morgan fingerprint density at radius 3 is 2.64 bits per heavy atom. The standard InChI is InChI=1S/C20H23ClFN3O3/c1-24(11-16-17(21)8-5-9-18(16)22)13-20(27)25(2)12-19(26)23-14-6-4-7-15(10-14)28-3/h4-10H,11-13H2,1-3H3,(H,23,26)/p+1. The molecule has 0 heterocycles. The number of carbonyl (C=O) groups excluding carboxylic acids is 2. The largest absolute Gasteiger partial charge is 0.497 e. The van der Waals surface area contributed by atoms with Gasteiger partial charge in [-0.05, 0) is 24.3 Å². The van der Waals surface area contributed by atoms with Crippen LogP contribution in [0.15, 0.2) is 42.5 Å². The topological polar surface area (TPSA) is 63.1 Å². The molecule has 0 saturated carbocycles. The fourth-order valence-electron chi connectivity index (χ4n) is 2.66. The average molecular weight is 409 g/mol. The van der Waals surface area contributed by atoms with Crippen LogP contribution in [-0.4, -0.2) is 51.0 Å². The number of rotatable bonds is 8. The number of nitrogens with zero attached hydrogens (tertiary/aromatic N) is 1. The second kappa shape index (κ2) is 10.1. The monoisotopic (exact) mass is 408 g/mol. The maximum atomic E-state index is 13.9. The van der Waals surface area contributed by atoms with E-state index < -0.39 is 5.82 Å². The van der Waals surface area contributed by atoms with Gasteiger partial charge in [0.15, 0.2) is 6.54 Å². The van der Waals surface area contributed by atoms with Crippen molar-refractivity contribution in [3.8, 4) is 5.75 Å². The van der Waals surface area contributed by atoms with E-state index in [1.807, 2.05) is 0 Å². The summed E-state index contributed by atoms with van der Waals surface area (Å²) >= 11 is 6.03. The molecule has 2 N–H and O–H groups in total. The SMILES string of the molecule is COc1cccc(NC(=O)CN(C)C(=O)C[NH+](C)Cc2c(F)cccc2Cl)c1. The van der Waals surface area contributed by atoms with Crippen LogP contribution < -0.4 is 15.0 Å². The van der Waals surface area contributed by atoms with E-state index >= 15 is 0 Å². The lowest BCUT2D eigenvalue weighted by molar-refractivity contribution is -0.885. The van der Waals surface area contributed by atoms with E-state index in [0.29, 0.717) is 22.0 Å². The molecule has 1 unspecified atom stereocenters. The van der Waals surface area contributed by atoms with Crippen molar-refractivity contribution in [3.05, 3.63) is 58.9 Å². The van der Waals surface area contributed by atoms with Gasteiger partial charge in [-0.1, -0.05) is 23.7 Å². The lowest BCUT2D eigenvalue weighted by Gasteiger charge is -2.20. The second-order valence-corrected chi connectivity index (χ2v) is 6.95. The van der Waals surface area contributed by atoms with E-state index in [2.05, 4.69) is 5.32 Å². The molecule has 28 heavy (non-hydrogen) atoms. The number of anilines is 1. The minimum atomic E-state index is -0.398. The Kier molecular flexibility index (Phi) is 7.78. The number of amides is 2. The molecule has 0 aliphatic heterocycles. The van der Waals surface area contributed by atoms with Crippen LogP contribution in [0.3, 0.4) is 0 Å². The second-order valence-electron chi connectivity index (χ2n) is 6.54. The molecule has 2 amide bonds. The molecule has 150 valence electrons. The van der Waals surface area contributed by atoms with E-state index in [4.69, 9.17) is 16.3 Å². The number of halogens is 2. The normalized spacial score (nSPS) is 11.6. The van der Waals surface area contributed by atoms with Gasteiger partial charge in [0, 0.05) is 18.8 Å². The van der Waals surface area contributed by atoms with Crippen LogP contribution in [0.4, 0.5) is 10.1 Å². The lowest BCUT2D eigenvalue weighted by Crippen LogP contribution is -3.09. The fraction of sp³-hybridized carbons (Fsp3) is 0.300. The molecule has 8 heteroatoms. The van der Waals surface area contributed by atoms with Gasteiger partial charge >= 0.3 is 0 Å². The Balaban J connectivity index is 1.86. The van der Waals surface area contributed by atoms with Gasteiger partial charge in [0.25, 0.3) is 5.91 Å². The molecule has 0 fully saturated rings. The molecule has 0 aromatic heterocycles. The molecule has 2 aromatic carbocycles. The van der Waals surface area contributed by atoms with Gasteiger partial charge in [-0.2, -0.15) is 0 Å². The van der Waals surface area contributed by atoms with Crippen LogP contribution in [0, 0.1) is 5.82 Å². The van der Waals surface area contributed by atoms with Crippen LogP contribution in [0.2, 0.25) is 5.02 Å². The summed E-state index contributed by atoms with van der Waals surface area (Å²) < 4.78 is 19.0.